The van der Waals surface area contributed by atoms with Crippen molar-refractivity contribution in [3.05, 3.63) is 12.1 Å². The van der Waals surface area contributed by atoms with Gasteiger partial charge in [-0.25, -0.2) is 0 Å². The number of methoxy groups -OCH3 is 3. The van der Waals surface area contributed by atoms with Crippen molar-refractivity contribution in [1.82, 2.24) is 0 Å². The van der Waals surface area contributed by atoms with E-state index < -0.39 is 8.80 Å². The summed E-state index contributed by atoms with van der Waals surface area (Å²) < 4.78 is 33.9. The maximum Gasteiger partial charge on any atom is 0.537 e. The summed E-state index contributed by atoms with van der Waals surface area (Å²) in [7, 11) is 1.70. The van der Waals surface area contributed by atoms with Gasteiger partial charge in [0.1, 0.15) is 0 Å². The Balaban J connectivity index is 3.46. The summed E-state index contributed by atoms with van der Waals surface area (Å²) in [5.41, 5.74) is 0. The minimum atomic E-state index is -3.02. The first kappa shape index (κ1) is 18.8. The van der Waals surface area contributed by atoms with Crippen LogP contribution in [0.3, 0.4) is 0 Å². The van der Waals surface area contributed by atoms with E-state index >= 15 is 0 Å². The van der Waals surface area contributed by atoms with E-state index in [2.05, 4.69) is 0 Å². The quantitative estimate of drug-likeness (QED) is 0.611. The van der Waals surface area contributed by atoms with Crippen LogP contribution in [-0.2, 0) is 13.3 Å². The summed E-state index contributed by atoms with van der Waals surface area (Å²) in [6.45, 7) is 7.21. The Morgan fingerprint density at radius 2 is 1.14 bits per heavy atom. The van der Waals surface area contributed by atoms with E-state index in [9.17, 15) is 0 Å². The van der Waals surface area contributed by atoms with Gasteiger partial charge in [-0.1, -0.05) is 0 Å². The second-order valence-corrected chi connectivity index (χ2v) is 6.82. The summed E-state index contributed by atoms with van der Waals surface area (Å²) in [6, 6.07) is 3.66. The van der Waals surface area contributed by atoms with E-state index in [1.54, 1.807) is 21.3 Å². The monoisotopic (exact) mass is 330 g/mol. The van der Waals surface area contributed by atoms with Gasteiger partial charge in [0.25, 0.3) is 0 Å². The van der Waals surface area contributed by atoms with E-state index in [0.717, 1.165) is 5.19 Å². The fraction of sp³-hybridized carbons (Fsp3) is 0.600. The zero-order valence-electron chi connectivity index (χ0n) is 14.2. The zero-order chi connectivity index (χ0) is 16.6. The average Bonchev–Trinajstić information content (AvgIpc) is 2.53. The number of rotatable bonds is 10. The van der Waals surface area contributed by atoms with Crippen LogP contribution in [0.15, 0.2) is 12.1 Å². The third kappa shape index (κ3) is 3.92. The minimum absolute atomic E-state index is 0.489. The van der Waals surface area contributed by atoms with Crippen molar-refractivity contribution in [2.45, 2.75) is 20.8 Å². The predicted molar refractivity (Wildman–Crippen MR) is 86.4 cm³/mol. The highest BCUT2D eigenvalue weighted by atomic mass is 28.4. The van der Waals surface area contributed by atoms with Gasteiger partial charge >= 0.3 is 8.80 Å². The zero-order valence-corrected chi connectivity index (χ0v) is 15.2. The van der Waals surface area contributed by atoms with Gasteiger partial charge in [-0.2, -0.15) is 0 Å². The Hall–Kier alpha value is -1.28. The lowest BCUT2D eigenvalue weighted by atomic mass is 10.3. The fourth-order valence-electron chi connectivity index (χ4n) is 2.20. The third-order valence-corrected chi connectivity index (χ3v) is 6.02. The summed E-state index contributed by atoms with van der Waals surface area (Å²) in [6.07, 6.45) is 0. The summed E-state index contributed by atoms with van der Waals surface area (Å²) in [5, 5.41) is 0.785. The number of ether oxygens (including phenoxy) is 3. The van der Waals surface area contributed by atoms with Crippen LogP contribution in [0.2, 0.25) is 0 Å². The second kappa shape index (κ2) is 8.99. The van der Waals surface area contributed by atoms with E-state index in [-0.39, 0.29) is 0 Å². The maximum absolute atomic E-state index is 5.91. The van der Waals surface area contributed by atoms with Crippen molar-refractivity contribution < 1.29 is 27.5 Å². The maximum atomic E-state index is 5.91. The molecule has 0 unspecified atom stereocenters. The number of hydrogen-bond donors (Lipinski definition) is 0. The van der Waals surface area contributed by atoms with Gasteiger partial charge in [-0.05, 0) is 32.9 Å². The largest absolute Gasteiger partial charge is 0.537 e. The lowest BCUT2D eigenvalue weighted by Crippen LogP contribution is -2.56. The lowest BCUT2D eigenvalue weighted by molar-refractivity contribution is 0.0857. The molecule has 0 spiro atoms. The van der Waals surface area contributed by atoms with Gasteiger partial charge < -0.3 is 27.5 Å². The molecule has 0 aliphatic carbocycles. The normalized spacial score (nSPS) is 11.4. The molecule has 1 aromatic rings. The Labute approximate surface area is 133 Å². The first-order chi connectivity index (χ1) is 10.6. The number of hydrogen-bond acceptors (Lipinski definition) is 6. The average molecular weight is 330 g/mol. The van der Waals surface area contributed by atoms with Crippen molar-refractivity contribution in [2.75, 3.05) is 41.2 Å². The number of benzene rings is 1. The van der Waals surface area contributed by atoms with Gasteiger partial charge in [-0.3, -0.25) is 0 Å². The van der Waals surface area contributed by atoms with Crippen LogP contribution in [0.4, 0.5) is 0 Å². The molecule has 0 atom stereocenters. The third-order valence-electron chi connectivity index (χ3n) is 3.02. The molecule has 126 valence electrons. The molecule has 0 saturated carbocycles. The molecule has 1 rings (SSSR count). The van der Waals surface area contributed by atoms with Gasteiger partial charge in [0, 0.05) is 25.0 Å². The molecule has 0 aliphatic rings. The summed E-state index contributed by atoms with van der Waals surface area (Å²) in [5.74, 6) is 1.63. The van der Waals surface area contributed by atoms with Crippen LogP contribution in [0.1, 0.15) is 20.8 Å². The van der Waals surface area contributed by atoms with E-state index in [0.29, 0.717) is 37.1 Å². The Morgan fingerprint density at radius 3 is 1.41 bits per heavy atom. The molecule has 0 saturated heterocycles. The van der Waals surface area contributed by atoms with Crippen molar-refractivity contribution in [3.8, 4) is 17.2 Å². The smallest absolute Gasteiger partial charge is 0.493 e. The fourth-order valence-corrected chi connectivity index (χ4v) is 4.71. The van der Waals surface area contributed by atoms with Crippen molar-refractivity contribution >= 4 is 14.0 Å². The van der Waals surface area contributed by atoms with Crippen LogP contribution in [0, 0.1) is 0 Å². The Kier molecular flexibility index (Phi) is 7.67. The highest BCUT2D eigenvalue weighted by molar-refractivity contribution is 6.75. The molecule has 7 heteroatoms. The minimum Gasteiger partial charge on any atom is -0.493 e. The molecule has 0 fully saturated rings. The topological polar surface area (TPSA) is 55.4 Å². The van der Waals surface area contributed by atoms with Crippen LogP contribution in [0.25, 0.3) is 0 Å². The Morgan fingerprint density at radius 1 is 0.727 bits per heavy atom. The van der Waals surface area contributed by atoms with Gasteiger partial charge in [0.2, 0.25) is 5.75 Å². The van der Waals surface area contributed by atoms with Gasteiger partial charge in [-0.15, -0.1) is 0 Å². The van der Waals surface area contributed by atoms with Crippen LogP contribution >= 0.6 is 0 Å². The first-order valence-electron chi connectivity index (χ1n) is 7.34. The van der Waals surface area contributed by atoms with Gasteiger partial charge in [0.05, 0.1) is 21.3 Å². The molecule has 0 radical (unpaired) electrons. The summed E-state index contributed by atoms with van der Waals surface area (Å²) >= 11 is 0. The van der Waals surface area contributed by atoms with Crippen molar-refractivity contribution in [3.63, 3.8) is 0 Å². The Bertz CT molecular complexity index is 423. The van der Waals surface area contributed by atoms with Crippen LogP contribution < -0.4 is 19.4 Å². The molecular weight excluding hydrogens is 304 g/mol. The van der Waals surface area contributed by atoms with Gasteiger partial charge in [0.15, 0.2) is 11.5 Å². The molecular formula is C15H26O6Si. The highest BCUT2D eigenvalue weighted by Crippen LogP contribution is 2.36. The molecule has 0 aromatic heterocycles. The SMILES string of the molecule is CCO[Si](OCC)(OCC)c1cc(OC)c(OC)c(OC)c1. The predicted octanol–water partition coefficient (Wildman–Crippen LogP) is 1.97. The van der Waals surface area contributed by atoms with Crippen molar-refractivity contribution in [1.29, 1.82) is 0 Å². The van der Waals surface area contributed by atoms with E-state index in [1.807, 2.05) is 32.9 Å². The summed E-state index contributed by atoms with van der Waals surface area (Å²) in [4.78, 5) is 0. The highest BCUT2D eigenvalue weighted by Gasteiger charge is 2.44. The molecule has 0 bridgehead atoms. The second-order valence-electron chi connectivity index (χ2n) is 4.27. The van der Waals surface area contributed by atoms with E-state index in [1.165, 1.54) is 0 Å². The van der Waals surface area contributed by atoms with E-state index in [4.69, 9.17) is 27.5 Å². The molecule has 0 aliphatic heterocycles. The molecule has 0 heterocycles. The molecule has 0 amide bonds. The standard InChI is InChI=1S/C15H26O6Si/c1-7-19-22(20-8-2,21-9-3)12-10-13(16-4)15(18-6)14(11-12)17-5/h10-11H,7-9H2,1-6H3. The lowest BCUT2D eigenvalue weighted by Gasteiger charge is -2.29. The molecule has 0 N–H and O–H groups in total. The molecule has 1 aromatic carbocycles. The molecule has 6 nitrogen and oxygen atoms in total. The first-order valence-corrected chi connectivity index (χ1v) is 9.07. The van der Waals surface area contributed by atoms with Crippen LogP contribution in [0.5, 0.6) is 17.2 Å². The van der Waals surface area contributed by atoms with Crippen molar-refractivity contribution in [2.24, 2.45) is 0 Å². The van der Waals surface area contributed by atoms with Crippen LogP contribution in [-0.4, -0.2) is 50.0 Å². The molecule has 22 heavy (non-hydrogen) atoms.